The van der Waals surface area contributed by atoms with Gasteiger partial charge in [0.15, 0.2) is 0 Å². The van der Waals surface area contributed by atoms with Crippen molar-refractivity contribution in [3.05, 3.63) is 12.4 Å². The molecule has 1 aromatic heterocycles. The highest BCUT2D eigenvalue weighted by Gasteiger charge is 1.89. The first-order valence-electron chi connectivity index (χ1n) is 3.26. The zero-order chi connectivity index (χ0) is 7.23. The summed E-state index contributed by atoms with van der Waals surface area (Å²) in [5, 5.41) is 7.88. The van der Waals surface area contributed by atoms with Crippen molar-refractivity contribution in [1.29, 1.82) is 0 Å². The summed E-state index contributed by atoms with van der Waals surface area (Å²) in [4.78, 5) is 1.65. The van der Waals surface area contributed by atoms with Gasteiger partial charge in [0, 0.05) is 13.7 Å². The molecular weight excluding hydrogens is 130 g/mol. The van der Waals surface area contributed by atoms with E-state index in [1.807, 2.05) is 0 Å². The molecule has 0 unspecified atom stereocenters. The largest absolute Gasteiger partial charge is 0.385 e. The van der Waals surface area contributed by atoms with E-state index < -0.39 is 0 Å². The molecule has 0 atom stereocenters. The number of methoxy groups -OCH3 is 1. The number of aryl methyl sites for hydroxylation is 1. The third-order valence-corrected chi connectivity index (χ3v) is 1.17. The van der Waals surface area contributed by atoms with Crippen LogP contribution in [0.3, 0.4) is 0 Å². The smallest absolute Gasteiger partial charge is 0.0693 e. The summed E-state index contributed by atoms with van der Waals surface area (Å²) in [6.45, 7) is 1.60. The summed E-state index contributed by atoms with van der Waals surface area (Å²) in [7, 11) is 1.69. The molecule has 0 aliphatic rings. The molecule has 0 aliphatic heterocycles. The van der Waals surface area contributed by atoms with Crippen molar-refractivity contribution < 1.29 is 4.74 Å². The zero-order valence-corrected chi connectivity index (χ0v) is 6.03. The predicted molar refractivity (Wildman–Crippen MR) is 36.5 cm³/mol. The Morgan fingerprint density at radius 3 is 2.70 bits per heavy atom. The average Bonchev–Trinajstić information content (AvgIpc) is 2.41. The Kier molecular flexibility index (Phi) is 2.89. The monoisotopic (exact) mass is 141 g/mol. The molecule has 0 spiro atoms. The van der Waals surface area contributed by atoms with Crippen LogP contribution in [0.5, 0.6) is 0 Å². The van der Waals surface area contributed by atoms with Crippen LogP contribution in [-0.2, 0) is 11.3 Å². The topological polar surface area (TPSA) is 39.9 Å². The van der Waals surface area contributed by atoms with Gasteiger partial charge in [-0.05, 0) is 6.42 Å². The van der Waals surface area contributed by atoms with E-state index in [0.717, 1.165) is 19.6 Å². The summed E-state index contributed by atoms with van der Waals surface area (Å²) in [5.41, 5.74) is 0. The molecule has 0 aliphatic carbocycles. The second-order valence-corrected chi connectivity index (χ2v) is 1.97. The molecule has 1 rings (SSSR count). The van der Waals surface area contributed by atoms with Gasteiger partial charge in [-0.15, -0.1) is 0 Å². The van der Waals surface area contributed by atoms with E-state index in [0.29, 0.717) is 0 Å². The first kappa shape index (κ1) is 7.21. The Labute approximate surface area is 59.8 Å². The molecule has 4 heteroatoms. The molecule has 0 aromatic carbocycles. The minimum Gasteiger partial charge on any atom is -0.385 e. The minimum absolute atomic E-state index is 0.765. The molecule has 10 heavy (non-hydrogen) atoms. The Morgan fingerprint density at radius 2 is 2.10 bits per heavy atom. The first-order valence-corrected chi connectivity index (χ1v) is 3.26. The molecule has 0 saturated carbocycles. The van der Waals surface area contributed by atoms with Gasteiger partial charge < -0.3 is 4.74 Å². The van der Waals surface area contributed by atoms with Crippen molar-refractivity contribution in [1.82, 2.24) is 15.0 Å². The van der Waals surface area contributed by atoms with Crippen molar-refractivity contribution in [2.75, 3.05) is 13.7 Å². The summed E-state index contributed by atoms with van der Waals surface area (Å²) < 4.78 is 4.87. The Bertz CT molecular complexity index is 162. The maximum absolute atomic E-state index is 4.87. The van der Waals surface area contributed by atoms with Gasteiger partial charge in [-0.3, -0.25) is 0 Å². The van der Waals surface area contributed by atoms with E-state index in [1.54, 1.807) is 24.3 Å². The fraction of sp³-hybridized carbons (Fsp3) is 0.667. The van der Waals surface area contributed by atoms with Gasteiger partial charge in [0.05, 0.1) is 18.9 Å². The highest BCUT2D eigenvalue weighted by Crippen LogP contribution is 1.84. The van der Waals surface area contributed by atoms with Gasteiger partial charge in [0.1, 0.15) is 0 Å². The van der Waals surface area contributed by atoms with Gasteiger partial charge in [-0.1, -0.05) is 0 Å². The lowest BCUT2D eigenvalue weighted by Crippen LogP contribution is -2.04. The molecule has 0 saturated heterocycles. The van der Waals surface area contributed by atoms with Crippen LogP contribution in [-0.4, -0.2) is 28.7 Å². The van der Waals surface area contributed by atoms with E-state index in [9.17, 15) is 0 Å². The van der Waals surface area contributed by atoms with E-state index in [4.69, 9.17) is 4.74 Å². The number of ether oxygens (including phenoxy) is 1. The van der Waals surface area contributed by atoms with Crippen molar-refractivity contribution in [3.8, 4) is 0 Å². The Morgan fingerprint density at radius 1 is 1.40 bits per heavy atom. The summed E-state index contributed by atoms with van der Waals surface area (Å²) in [5.74, 6) is 0. The summed E-state index contributed by atoms with van der Waals surface area (Å²) >= 11 is 0. The molecule has 0 radical (unpaired) electrons. The summed E-state index contributed by atoms with van der Waals surface area (Å²) in [6, 6.07) is 0. The van der Waals surface area contributed by atoms with Crippen molar-refractivity contribution in [2.24, 2.45) is 0 Å². The molecule has 0 N–H and O–H groups in total. The van der Waals surface area contributed by atoms with Gasteiger partial charge in [-0.2, -0.15) is 15.0 Å². The number of rotatable bonds is 4. The normalized spacial score (nSPS) is 10.1. The average molecular weight is 141 g/mol. The number of hydrogen-bond acceptors (Lipinski definition) is 3. The van der Waals surface area contributed by atoms with E-state index >= 15 is 0 Å². The standard InChI is InChI=1S/C6H11N3O/c1-10-6-2-5-9-7-3-4-8-9/h3-4H,2,5-6H2,1H3. The van der Waals surface area contributed by atoms with Crippen LogP contribution >= 0.6 is 0 Å². The van der Waals surface area contributed by atoms with Crippen LogP contribution in [0.4, 0.5) is 0 Å². The number of nitrogens with zero attached hydrogens (tertiary/aromatic N) is 3. The quantitative estimate of drug-likeness (QED) is 0.567. The highest BCUT2D eigenvalue weighted by molar-refractivity contribution is 4.59. The van der Waals surface area contributed by atoms with Crippen LogP contribution in [0.15, 0.2) is 12.4 Å². The maximum atomic E-state index is 4.87. The third-order valence-electron chi connectivity index (χ3n) is 1.17. The van der Waals surface area contributed by atoms with Crippen molar-refractivity contribution in [3.63, 3.8) is 0 Å². The van der Waals surface area contributed by atoms with E-state index in [-0.39, 0.29) is 0 Å². The van der Waals surface area contributed by atoms with E-state index in [2.05, 4.69) is 10.2 Å². The Balaban J connectivity index is 2.15. The van der Waals surface area contributed by atoms with Crippen LogP contribution in [0.25, 0.3) is 0 Å². The number of aromatic nitrogens is 3. The molecular formula is C6H11N3O. The van der Waals surface area contributed by atoms with Gasteiger partial charge in [0.25, 0.3) is 0 Å². The second kappa shape index (κ2) is 4.00. The molecule has 1 heterocycles. The van der Waals surface area contributed by atoms with Crippen LogP contribution in [0, 0.1) is 0 Å². The fourth-order valence-electron chi connectivity index (χ4n) is 0.709. The van der Waals surface area contributed by atoms with Gasteiger partial charge in [0.2, 0.25) is 0 Å². The predicted octanol–water partition coefficient (Wildman–Crippen LogP) is 0.315. The molecule has 56 valence electrons. The van der Waals surface area contributed by atoms with Crippen molar-refractivity contribution >= 4 is 0 Å². The maximum Gasteiger partial charge on any atom is 0.0693 e. The van der Waals surface area contributed by atoms with Gasteiger partial charge in [-0.25, -0.2) is 0 Å². The molecule has 1 aromatic rings. The van der Waals surface area contributed by atoms with Crippen LogP contribution in [0.1, 0.15) is 6.42 Å². The SMILES string of the molecule is COCCCn1nccn1. The van der Waals surface area contributed by atoms with E-state index in [1.165, 1.54) is 0 Å². The molecule has 0 bridgehead atoms. The zero-order valence-electron chi connectivity index (χ0n) is 6.03. The fourth-order valence-corrected chi connectivity index (χ4v) is 0.709. The van der Waals surface area contributed by atoms with Gasteiger partial charge >= 0.3 is 0 Å². The summed E-state index contributed by atoms with van der Waals surface area (Å²) in [6.07, 6.45) is 4.31. The number of hydrogen-bond donors (Lipinski definition) is 0. The second-order valence-electron chi connectivity index (χ2n) is 1.97. The lowest BCUT2D eigenvalue weighted by Gasteiger charge is -1.97. The first-order chi connectivity index (χ1) is 4.93. The molecule has 0 fully saturated rings. The Hall–Kier alpha value is -0.900. The third kappa shape index (κ3) is 2.14. The molecule has 0 amide bonds. The minimum atomic E-state index is 0.765. The van der Waals surface area contributed by atoms with Crippen LogP contribution in [0.2, 0.25) is 0 Å². The lowest BCUT2D eigenvalue weighted by molar-refractivity contribution is 0.187. The highest BCUT2D eigenvalue weighted by atomic mass is 16.5. The van der Waals surface area contributed by atoms with Crippen LogP contribution < -0.4 is 0 Å². The lowest BCUT2D eigenvalue weighted by atomic mass is 10.5. The molecule has 4 nitrogen and oxygen atoms in total. The van der Waals surface area contributed by atoms with Crippen molar-refractivity contribution in [2.45, 2.75) is 13.0 Å².